The highest BCUT2D eigenvalue weighted by molar-refractivity contribution is 7.13. The zero-order chi connectivity index (χ0) is 18.2. The van der Waals surface area contributed by atoms with Crippen LogP contribution in [0.15, 0.2) is 29.6 Å². The molecule has 3 rings (SSSR count). The van der Waals surface area contributed by atoms with Gasteiger partial charge in [0.05, 0.1) is 12.2 Å². The second-order valence-electron chi connectivity index (χ2n) is 5.78. The van der Waals surface area contributed by atoms with E-state index in [0.29, 0.717) is 16.4 Å². The first-order chi connectivity index (χ1) is 11.8. The van der Waals surface area contributed by atoms with Crippen molar-refractivity contribution in [2.45, 2.75) is 25.9 Å². The number of carbonyl (C=O) groups excluding carboxylic acids is 3. The second kappa shape index (κ2) is 6.25. The summed E-state index contributed by atoms with van der Waals surface area (Å²) >= 11 is 1.21. The van der Waals surface area contributed by atoms with Crippen LogP contribution in [0.3, 0.4) is 0 Å². The molecule has 0 spiro atoms. The molecule has 25 heavy (non-hydrogen) atoms. The van der Waals surface area contributed by atoms with Gasteiger partial charge >= 0.3 is 6.03 Å². The van der Waals surface area contributed by atoms with E-state index < -0.39 is 23.3 Å². The van der Waals surface area contributed by atoms with Crippen LogP contribution in [0.25, 0.3) is 0 Å². The largest absolute Gasteiger partial charge is 0.325 e. The van der Waals surface area contributed by atoms with Crippen LogP contribution in [0.2, 0.25) is 0 Å². The molecule has 2 N–H and O–H groups in total. The fraction of sp³-hybridized carbons (Fsp3) is 0.250. The van der Waals surface area contributed by atoms with Crippen LogP contribution in [0.5, 0.6) is 0 Å². The maximum atomic E-state index is 13.1. The second-order valence-corrected chi connectivity index (χ2v) is 6.64. The molecule has 1 saturated heterocycles. The van der Waals surface area contributed by atoms with Gasteiger partial charge in [-0.25, -0.2) is 14.2 Å². The molecule has 0 bridgehead atoms. The van der Waals surface area contributed by atoms with E-state index in [0.717, 1.165) is 4.90 Å². The number of halogens is 1. The summed E-state index contributed by atoms with van der Waals surface area (Å²) in [4.78, 5) is 41.3. The van der Waals surface area contributed by atoms with Crippen molar-refractivity contribution in [3.63, 3.8) is 0 Å². The van der Waals surface area contributed by atoms with Crippen LogP contribution >= 0.6 is 11.3 Å². The number of hydrogen-bond donors (Lipinski definition) is 2. The molecule has 7 nitrogen and oxygen atoms in total. The zero-order valence-corrected chi connectivity index (χ0v) is 14.3. The van der Waals surface area contributed by atoms with Crippen molar-refractivity contribution in [2.24, 2.45) is 0 Å². The third-order valence-electron chi connectivity index (χ3n) is 3.85. The van der Waals surface area contributed by atoms with Gasteiger partial charge in [-0.15, -0.1) is 11.3 Å². The van der Waals surface area contributed by atoms with E-state index in [4.69, 9.17) is 0 Å². The number of amides is 4. The van der Waals surface area contributed by atoms with Gasteiger partial charge in [-0.3, -0.25) is 14.5 Å². The molecule has 1 aliphatic rings. The Bertz CT molecular complexity index is 851. The quantitative estimate of drug-likeness (QED) is 0.816. The van der Waals surface area contributed by atoms with Gasteiger partial charge in [0, 0.05) is 12.3 Å². The Labute approximate surface area is 146 Å². The minimum absolute atomic E-state index is 0.0163. The zero-order valence-electron chi connectivity index (χ0n) is 13.5. The number of aromatic nitrogens is 1. The normalized spacial score (nSPS) is 19.9. The lowest BCUT2D eigenvalue weighted by atomic mass is 9.92. The van der Waals surface area contributed by atoms with Gasteiger partial charge in [0.25, 0.3) is 5.91 Å². The van der Waals surface area contributed by atoms with Crippen molar-refractivity contribution in [3.05, 3.63) is 46.7 Å². The fourth-order valence-electron chi connectivity index (χ4n) is 2.57. The van der Waals surface area contributed by atoms with Crippen molar-refractivity contribution in [1.82, 2.24) is 15.2 Å². The third-order valence-corrected chi connectivity index (χ3v) is 4.66. The van der Waals surface area contributed by atoms with Gasteiger partial charge in [0.15, 0.2) is 5.13 Å². The van der Waals surface area contributed by atoms with Gasteiger partial charge < -0.3 is 10.6 Å². The van der Waals surface area contributed by atoms with Crippen LogP contribution < -0.4 is 10.6 Å². The summed E-state index contributed by atoms with van der Waals surface area (Å²) in [5.74, 6) is -1.12. The monoisotopic (exact) mass is 362 g/mol. The number of benzene rings is 1. The lowest BCUT2D eigenvalue weighted by Crippen LogP contribution is -2.40. The predicted molar refractivity (Wildman–Crippen MR) is 89.3 cm³/mol. The number of anilines is 1. The summed E-state index contributed by atoms with van der Waals surface area (Å²) in [5.41, 5.74) is -0.283. The first-order valence-corrected chi connectivity index (χ1v) is 8.30. The van der Waals surface area contributed by atoms with E-state index in [1.807, 2.05) is 0 Å². The minimum atomic E-state index is -1.26. The van der Waals surface area contributed by atoms with Crippen molar-refractivity contribution >= 4 is 34.3 Å². The van der Waals surface area contributed by atoms with Gasteiger partial charge in [0.1, 0.15) is 11.4 Å². The molecule has 2 aromatic rings. The summed E-state index contributed by atoms with van der Waals surface area (Å²) in [5, 5.41) is 7.26. The lowest BCUT2D eigenvalue weighted by molar-refractivity contribution is -0.131. The van der Waals surface area contributed by atoms with E-state index in [2.05, 4.69) is 15.6 Å². The highest BCUT2D eigenvalue weighted by atomic mass is 32.1. The number of thiazole rings is 1. The average Bonchev–Trinajstić information content (AvgIpc) is 3.06. The number of hydrogen-bond acceptors (Lipinski definition) is 5. The van der Waals surface area contributed by atoms with Crippen molar-refractivity contribution < 1.29 is 18.8 Å². The van der Waals surface area contributed by atoms with Crippen molar-refractivity contribution in [1.29, 1.82) is 0 Å². The summed E-state index contributed by atoms with van der Waals surface area (Å²) in [7, 11) is 0. The molecule has 0 radical (unpaired) electrons. The Morgan fingerprint density at radius 3 is 2.68 bits per heavy atom. The van der Waals surface area contributed by atoms with Crippen molar-refractivity contribution in [3.8, 4) is 0 Å². The molecular weight excluding hydrogens is 347 g/mol. The molecular formula is C16H15FN4O3S. The summed E-state index contributed by atoms with van der Waals surface area (Å²) in [6.07, 6.45) is 0. The summed E-state index contributed by atoms with van der Waals surface area (Å²) in [6.45, 7) is 2.93. The number of imide groups is 1. The third kappa shape index (κ3) is 3.22. The number of nitrogens with one attached hydrogen (secondary N) is 2. The first-order valence-electron chi connectivity index (χ1n) is 7.42. The van der Waals surface area contributed by atoms with E-state index in [-0.39, 0.29) is 12.5 Å². The smallest absolute Gasteiger partial charge is 0.319 e. The standard InChI is InChI=1S/C16H15FN4O3S/c1-9(22)18-14-19-12(8-25-14)7-21-13(23)16(2,20-15(21)24)10-3-5-11(17)6-4-10/h3-6,8H,7H2,1-2H3,(H,20,24)(H,18,19,22). The molecule has 9 heteroatoms. The summed E-state index contributed by atoms with van der Waals surface area (Å²) in [6, 6.07) is 4.86. The van der Waals surface area contributed by atoms with E-state index in [9.17, 15) is 18.8 Å². The lowest BCUT2D eigenvalue weighted by Gasteiger charge is -2.22. The maximum Gasteiger partial charge on any atom is 0.325 e. The van der Waals surface area contributed by atoms with Crippen LogP contribution in [0.4, 0.5) is 14.3 Å². The summed E-state index contributed by atoms with van der Waals surface area (Å²) < 4.78 is 13.1. The average molecular weight is 362 g/mol. The predicted octanol–water partition coefficient (Wildman–Crippen LogP) is 2.21. The fourth-order valence-corrected chi connectivity index (χ4v) is 3.32. The molecule has 1 fully saturated rings. The van der Waals surface area contributed by atoms with E-state index in [1.165, 1.54) is 42.5 Å². The van der Waals surface area contributed by atoms with Crippen LogP contribution in [-0.2, 0) is 21.7 Å². The molecule has 2 heterocycles. The molecule has 1 aromatic heterocycles. The number of carbonyl (C=O) groups is 3. The van der Waals surface area contributed by atoms with Crippen molar-refractivity contribution in [2.75, 3.05) is 5.32 Å². The maximum absolute atomic E-state index is 13.1. The highest BCUT2D eigenvalue weighted by Gasteiger charge is 2.49. The Kier molecular flexibility index (Phi) is 4.25. The number of rotatable bonds is 4. The molecule has 0 saturated carbocycles. The van der Waals surface area contributed by atoms with Gasteiger partial charge in [-0.1, -0.05) is 12.1 Å². The van der Waals surface area contributed by atoms with Crippen LogP contribution in [-0.4, -0.2) is 27.7 Å². The van der Waals surface area contributed by atoms with Gasteiger partial charge in [-0.05, 0) is 24.6 Å². The molecule has 130 valence electrons. The molecule has 1 unspecified atom stereocenters. The number of nitrogens with zero attached hydrogens (tertiary/aromatic N) is 2. The highest BCUT2D eigenvalue weighted by Crippen LogP contribution is 2.30. The van der Waals surface area contributed by atoms with Crippen LogP contribution in [0, 0.1) is 5.82 Å². The van der Waals surface area contributed by atoms with Gasteiger partial charge in [0.2, 0.25) is 5.91 Å². The Balaban J connectivity index is 1.80. The molecule has 1 aliphatic heterocycles. The van der Waals surface area contributed by atoms with Crippen LogP contribution in [0.1, 0.15) is 25.1 Å². The number of urea groups is 1. The Hall–Kier alpha value is -2.81. The molecule has 4 amide bonds. The van der Waals surface area contributed by atoms with E-state index in [1.54, 1.807) is 12.3 Å². The SMILES string of the molecule is CC(=O)Nc1nc(CN2C(=O)NC(C)(c3ccc(F)cc3)C2=O)cs1. The Morgan fingerprint density at radius 1 is 1.36 bits per heavy atom. The minimum Gasteiger partial charge on any atom is -0.319 e. The van der Waals surface area contributed by atoms with E-state index >= 15 is 0 Å². The Morgan fingerprint density at radius 2 is 2.04 bits per heavy atom. The molecule has 0 aliphatic carbocycles. The topological polar surface area (TPSA) is 91.4 Å². The first kappa shape index (κ1) is 17.0. The molecule has 1 atom stereocenters. The molecule has 1 aromatic carbocycles. The van der Waals surface area contributed by atoms with Gasteiger partial charge in [-0.2, -0.15) is 0 Å².